The third-order valence-corrected chi connectivity index (χ3v) is 4.69. The number of halogens is 1. The monoisotopic (exact) mass is 378 g/mol. The van der Waals surface area contributed by atoms with E-state index < -0.39 is 0 Å². The summed E-state index contributed by atoms with van der Waals surface area (Å²) in [5.41, 5.74) is 2.40. The van der Waals surface area contributed by atoms with Crippen LogP contribution in [0, 0.1) is 0 Å². The van der Waals surface area contributed by atoms with Crippen molar-refractivity contribution in [2.75, 3.05) is 0 Å². The molecule has 27 heavy (non-hydrogen) atoms. The molecular formula is C18H15ClN8. The molecule has 0 saturated heterocycles. The Morgan fingerprint density at radius 1 is 1.07 bits per heavy atom. The van der Waals surface area contributed by atoms with Crippen LogP contribution in [-0.2, 0) is 0 Å². The third kappa shape index (κ3) is 2.57. The molecule has 0 aliphatic carbocycles. The lowest BCUT2D eigenvalue weighted by atomic mass is 10.2. The van der Waals surface area contributed by atoms with Gasteiger partial charge in [0.05, 0.1) is 28.5 Å². The van der Waals surface area contributed by atoms with Crippen molar-refractivity contribution in [3.63, 3.8) is 0 Å². The smallest absolute Gasteiger partial charge is 0.176 e. The maximum atomic E-state index is 6.02. The predicted molar refractivity (Wildman–Crippen MR) is 101 cm³/mol. The highest BCUT2D eigenvalue weighted by molar-refractivity contribution is 6.30. The van der Waals surface area contributed by atoms with E-state index in [1.807, 2.05) is 30.3 Å². The Hall–Kier alpha value is -3.26. The van der Waals surface area contributed by atoms with Gasteiger partial charge < -0.3 is 0 Å². The molecule has 0 radical (unpaired) electrons. The van der Waals surface area contributed by atoms with Gasteiger partial charge in [-0.25, -0.2) is 19.2 Å². The molecule has 0 bridgehead atoms. The van der Waals surface area contributed by atoms with E-state index in [0.29, 0.717) is 16.5 Å². The zero-order valence-electron chi connectivity index (χ0n) is 14.4. The highest BCUT2D eigenvalue weighted by atomic mass is 35.5. The maximum Gasteiger partial charge on any atom is 0.176 e. The summed E-state index contributed by atoms with van der Waals surface area (Å²) in [4.78, 5) is 9.30. The van der Waals surface area contributed by atoms with Crippen LogP contribution in [0.2, 0.25) is 5.02 Å². The minimum atomic E-state index is -0.100. The molecular weight excluding hydrogens is 364 g/mol. The van der Waals surface area contributed by atoms with Gasteiger partial charge in [0.2, 0.25) is 0 Å². The van der Waals surface area contributed by atoms with E-state index in [4.69, 9.17) is 16.6 Å². The molecule has 0 spiro atoms. The van der Waals surface area contributed by atoms with Crippen LogP contribution in [0.15, 0.2) is 55.2 Å². The van der Waals surface area contributed by atoms with Crippen LogP contribution in [0.3, 0.4) is 0 Å². The van der Waals surface area contributed by atoms with Gasteiger partial charge in [0, 0.05) is 6.20 Å². The first kappa shape index (κ1) is 16.0. The van der Waals surface area contributed by atoms with Crippen molar-refractivity contribution in [1.29, 1.82) is 0 Å². The van der Waals surface area contributed by atoms with Crippen molar-refractivity contribution in [1.82, 2.24) is 39.1 Å². The van der Waals surface area contributed by atoms with Crippen molar-refractivity contribution in [2.24, 2.45) is 0 Å². The average Bonchev–Trinajstić information content (AvgIpc) is 3.40. The molecule has 0 saturated carbocycles. The van der Waals surface area contributed by atoms with Crippen LogP contribution < -0.4 is 0 Å². The summed E-state index contributed by atoms with van der Waals surface area (Å²) in [6.07, 6.45) is 7.62. The highest BCUT2D eigenvalue weighted by Gasteiger charge is 2.20. The second kappa shape index (κ2) is 6.17. The van der Waals surface area contributed by atoms with Crippen molar-refractivity contribution < 1.29 is 0 Å². The van der Waals surface area contributed by atoms with Crippen LogP contribution in [0.4, 0.5) is 0 Å². The molecule has 9 heteroatoms. The summed E-state index contributed by atoms with van der Waals surface area (Å²) in [6.45, 7) is 2.06. The molecule has 4 aromatic heterocycles. The lowest BCUT2D eigenvalue weighted by Crippen LogP contribution is -2.12. The van der Waals surface area contributed by atoms with E-state index in [-0.39, 0.29) is 6.04 Å². The van der Waals surface area contributed by atoms with Gasteiger partial charge in [-0.05, 0) is 18.6 Å². The number of para-hydroxylation sites is 1. The van der Waals surface area contributed by atoms with Gasteiger partial charge in [-0.1, -0.05) is 36.7 Å². The minimum Gasteiger partial charge on any atom is -0.260 e. The van der Waals surface area contributed by atoms with Gasteiger partial charge in [-0.2, -0.15) is 10.2 Å². The Balaban J connectivity index is 1.65. The van der Waals surface area contributed by atoms with E-state index in [1.54, 1.807) is 38.8 Å². The van der Waals surface area contributed by atoms with Gasteiger partial charge in [-0.15, -0.1) is 5.10 Å². The first-order chi connectivity index (χ1) is 13.2. The number of rotatable bonds is 4. The molecule has 8 nitrogen and oxygen atoms in total. The molecule has 0 N–H and O–H groups in total. The number of hydrogen-bond acceptors (Lipinski definition) is 5. The van der Waals surface area contributed by atoms with Crippen LogP contribution in [0.25, 0.3) is 22.4 Å². The molecule has 4 heterocycles. The topological polar surface area (TPSA) is 78.7 Å². The summed E-state index contributed by atoms with van der Waals surface area (Å²) < 4.78 is 5.27. The SMILES string of the molecule is CCC(c1nc2c3cnn(-c4ccccc4)c3ncn2n1)n1cc(Cl)cn1. The van der Waals surface area contributed by atoms with Crippen molar-refractivity contribution in [3.05, 3.63) is 66.1 Å². The lowest BCUT2D eigenvalue weighted by molar-refractivity contribution is 0.484. The number of nitrogens with zero attached hydrogens (tertiary/aromatic N) is 8. The summed E-state index contributed by atoms with van der Waals surface area (Å²) >= 11 is 6.02. The summed E-state index contributed by atoms with van der Waals surface area (Å²) in [7, 11) is 0. The lowest BCUT2D eigenvalue weighted by Gasteiger charge is -2.10. The Morgan fingerprint density at radius 3 is 2.67 bits per heavy atom. The standard InChI is InChI=1S/C18H15ClN8/c1-2-15(25-10-12(19)8-21-25)16-23-18-14-9-22-27(13-6-4-3-5-7-13)17(14)20-11-26(18)24-16/h3-11,15H,2H2,1H3. The molecule has 1 aromatic carbocycles. The second-order valence-corrected chi connectivity index (χ2v) is 6.61. The molecule has 0 amide bonds. The van der Waals surface area contributed by atoms with Crippen molar-refractivity contribution in [2.45, 2.75) is 19.4 Å². The molecule has 1 atom stereocenters. The Bertz CT molecular complexity index is 1240. The molecule has 0 fully saturated rings. The zero-order valence-corrected chi connectivity index (χ0v) is 15.2. The molecule has 5 rings (SSSR count). The Kier molecular flexibility index (Phi) is 3.64. The largest absolute Gasteiger partial charge is 0.260 e. The third-order valence-electron chi connectivity index (χ3n) is 4.50. The fourth-order valence-corrected chi connectivity index (χ4v) is 3.35. The van der Waals surface area contributed by atoms with Crippen molar-refractivity contribution >= 4 is 28.3 Å². The maximum absolute atomic E-state index is 6.02. The van der Waals surface area contributed by atoms with E-state index in [9.17, 15) is 0 Å². The van der Waals surface area contributed by atoms with Crippen LogP contribution in [-0.4, -0.2) is 39.1 Å². The fraction of sp³-hybridized carbons (Fsp3) is 0.167. The first-order valence-corrected chi connectivity index (χ1v) is 8.96. The first-order valence-electron chi connectivity index (χ1n) is 8.58. The highest BCUT2D eigenvalue weighted by Crippen LogP contribution is 2.24. The number of hydrogen-bond donors (Lipinski definition) is 0. The molecule has 1 unspecified atom stereocenters. The van der Waals surface area contributed by atoms with Crippen molar-refractivity contribution in [3.8, 4) is 5.69 Å². The van der Waals surface area contributed by atoms with Crippen LogP contribution in [0.5, 0.6) is 0 Å². The number of fused-ring (bicyclic) bond motifs is 3. The van der Waals surface area contributed by atoms with E-state index in [0.717, 1.165) is 23.1 Å². The van der Waals surface area contributed by atoms with Crippen LogP contribution in [0.1, 0.15) is 25.2 Å². The summed E-state index contributed by atoms with van der Waals surface area (Å²) in [5, 5.41) is 14.8. The Labute approximate surface area is 159 Å². The summed E-state index contributed by atoms with van der Waals surface area (Å²) in [6, 6.07) is 9.79. The fourth-order valence-electron chi connectivity index (χ4n) is 3.21. The van der Waals surface area contributed by atoms with Gasteiger partial charge in [0.25, 0.3) is 0 Å². The molecule has 5 aromatic rings. The quantitative estimate of drug-likeness (QED) is 0.479. The number of benzene rings is 1. The number of aromatic nitrogens is 8. The van der Waals surface area contributed by atoms with Gasteiger partial charge >= 0.3 is 0 Å². The average molecular weight is 379 g/mol. The van der Waals surface area contributed by atoms with Gasteiger partial charge in [-0.3, -0.25) is 4.68 Å². The van der Waals surface area contributed by atoms with Gasteiger partial charge in [0.1, 0.15) is 12.4 Å². The van der Waals surface area contributed by atoms with Gasteiger partial charge in [0.15, 0.2) is 17.1 Å². The van der Waals surface area contributed by atoms with E-state index >= 15 is 0 Å². The van der Waals surface area contributed by atoms with Crippen LogP contribution >= 0.6 is 11.6 Å². The summed E-state index contributed by atoms with van der Waals surface area (Å²) in [5.74, 6) is 0.666. The normalized spacial score (nSPS) is 12.8. The Morgan fingerprint density at radius 2 is 1.93 bits per heavy atom. The molecule has 134 valence electrons. The minimum absolute atomic E-state index is 0.100. The zero-order chi connectivity index (χ0) is 18.4. The van der Waals surface area contributed by atoms with E-state index in [1.165, 1.54) is 0 Å². The molecule has 0 aliphatic heterocycles. The molecule has 0 aliphatic rings. The van der Waals surface area contributed by atoms with E-state index in [2.05, 4.69) is 27.2 Å². The predicted octanol–water partition coefficient (Wildman–Crippen LogP) is 3.31. The second-order valence-electron chi connectivity index (χ2n) is 6.17.